The Balaban J connectivity index is 1.21. The number of ether oxygens (including phenoxy) is 1. The van der Waals surface area contributed by atoms with Crippen molar-refractivity contribution in [1.82, 2.24) is 0 Å². The van der Waals surface area contributed by atoms with E-state index in [1.54, 1.807) is 0 Å². The first kappa shape index (κ1) is 25.6. The molecule has 1 N–H and O–H groups in total. The highest BCUT2D eigenvalue weighted by Crippen LogP contribution is 2.55. The Morgan fingerprint density at radius 3 is 2.58 bits per heavy atom. The highest BCUT2D eigenvalue weighted by atomic mass is 16.5. The molecule has 0 amide bonds. The molecule has 1 aromatic rings. The molecule has 0 spiro atoms. The molecule has 33 heavy (non-hydrogen) atoms. The van der Waals surface area contributed by atoms with Crippen molar-refractivity contribution in [2.24, 2.45) is 23.7 Å². The number of benzene rings is 1. The van der Waals surface area contributed by atoms with Crippen molar-refractivity contribution in [3.05, 3.63) is 48.0 Å². The van der Waals surface area contributed by atoms with E-state index in [1.807, 2.05) is 0 Å². The number of fused-ring (bicyclic) bond motifs is 2. The average molecular weight is 451 g/mol. The van der Waals surface area contributed by atoms with Gasteiger partial charge in [-0.3, -0.25) is 4.79 Å². The van der Waals surface area contributed by atoms with E-state index in [0.29, 0.717) is 0 Å². The third kappa shape index (κ3) is 9.38. The molecule has 2 aliphatic rings. The molecule has 2 saturated carbocycles. The molecule has 0 aromatic heterocycles. The van der Waals surface area contributed by atoms with Crippen LogP contribution < -0.4 is 0 Å². The highest BCUT2D eigenvalue weighted by molar-refractivity contribution is 5.66. The van der Waals surface area contributed by atoms with Gasteiger partial charge in [0.2, 0.25) is 0 Å². The summed E-state index contributed by atoms with van der Waals surface area (Å²) in [7, 11) is 0. The number of carboxylic acids is 1. The lowest BCUT2D eigenvalue weighted by Crippen LogP contribution is -2.22. The number of unbranched alkanes of at least 4 members (excludes halogenated alkanes) is 2. The minimum atomic E-state index is -0.688. The van der Waals surface area contributed by atoms with Crippen LogP contribution in [0.4, 0.5) is 0 Å². The van der Waals surface area contributed by atoms with Crippen LogP contribution >= 0.6 is 0 Å². The predicted molar refractivity (Wildman–Crippen MR) is 135 cm³/mol. The Bertz CT molecular complexity index is 773. The zero-order chi connectivity index (χ0) is 23.1. The van der Waals surface area contributed by atoms with Gasteiger partial charge in [0.25, 0.3) is 0 Å². The molecule has 0 radical (unpaired) electrons. The number of hydrogen-bond acceptors (Lipinski definition) is 2. The standard InChI is InChI=1S/C30H42O3/c31-30(32)19-10-2-1-9-17-28-26-20-21-27(24-26)29(28)18-11-13-23-33-22-12-4-3-6-14-25-15-7-5-8-16-25/h1,5,7-9,15-16,26-29H,2,6,10-14,17-24H2,(H,31,32)/t26-,27+,28-,29+/m0/s1. The van der Waals surface area contributed by atoms with Gasteiger partial charge in [-0.15, -0.1) is 11.8 Å². The zero-order valence-corrected chi connectivity index (χ0v) is 20.2. The van der Waals surface area contributed by atoms with E-state index in [9.17, 15) is 4.79 Å². The first-order valence-electron chi connectivity index (χ1n) is 13.2. The van der Waals surface area contributed by atoms with Crippen LogP contribution in [0.25, 0.3) is 0 Å². The van der Waals surface area contributed by atoms with Crippen molar-refractivity contribution in [3.8, 4) is 11.8 Å². The van der Waals surface area contributed by atoms with Gasteiger partial charge in [0.1, 0.15) is 0 Å². The molecule has 0 aliphatic heterocycles. The summed E-state index contributed by atoms with van der Waals surface area (Å²) in [4.78, 5) is 10.6. The molecule has 3 nitrogen and oxygen atoms in total. The van der Waals surface area contributed by atoms with Crippen LogP contribution in [0.1, 0.15) is 82.6 Å². The molecule has 2 aliphatic carbocycles. The first-order chi connectivity index (χ1) is 16.2. The molecule has 4 atom stereocenters. The maximum absolute atomic E-state index is 10.6. The van der Waals surface area contributed by atoms with E-state index in [-0.39, 0.29) is 6.42 Å². The highest BCUT2D eigenvalue weighted by Gasteiger charge is 2.45. The van der Waals surface area contributed by atoms with Gasteiger partial charge < -0.3 is 9.84 Å². The van der Waals surface area contributed by atoms with Gasteiger partial charge >= 0.3 is 5.97 Å². The van der Waals surface area contributed by atoms with Crippen LogP contribution in [-0.2, 0) is 16.0 Å². The molecule has 0 saturated heterocycles. The fourth-order valence-electron chi connectivity index (χ4n) is 5.93. The van der Waals surface area contributed by atoms with Crippen LogP contribution in [-0.4, -0.2) is 24.3 Å². The summed E-state index contributed by atoms with van der Waals surface area (Å²) in [6.07, 6.45) is 18.6. The van der Waals surface area contributed by atoms with E-state index >= 15 is 0 Å². The van der Waals surface area contributed by atoms with E-state index in [4.69, 9.17) is 9.84 Å². The van der Waals surface area contributed by atoms with Crippen molar-refractivity contribution < 1.29 is 14.6 Å². The minimum absolute atomic E-state index is 0.282. The Morgan fingerprint density at radius 2 is 1.76 bits per heavy atom. The summed E-state index contributed by atoms with van der Waals surface area (Å²) in [5, 5.41) is 8.74. The largest absolute Gasteiger partial charge is 0.481 e. The van der Waals surface area contributed by atoms with Gasteiger partial charge in [-0.1, -0.05) is 48.9 Å². The van der Waals surface area contributed by atoms with Crippen molar-refractivity contribution in [3.63, 3.8) is 0 Å². The third-order valence-electron chi connectivity index (χ3n) is 7.57. The summed E-state index contributed by atoms with van der Waals surface area (Å²) in [5.41, 5.74) is 1.35. The number of carboxylic acid groups (broad SMARTS) is 1. The molecule has 1 aromatic carbocycles. The second kappa shape index (κ2) is 15.0. The summed E-state index contributed by atoms with van der Waals surface area (Å²) in [6.45, 7) is 1.61. The Hall–Kier alpha value is -2.05. The lowest BCUT2D eigenvalue weighted by Gasteiger charge is -2.30. The maximum atomic E-state index is 10.6. The molecule has 3 rings (SSSR count). The molecule has 180 valence electrons. The zero-order valence-electron chi connectivity index (χ0n) is 20.2. The third-order valence-corrected chi connectivity index (χ3v) is 7.57. The fourth-order valence-corrected chi connectivity index (χ4v) is 5.93. The monoisotopic (exact) mass is 450 g/mol. The number of carbonyl (C=O) groups is 1. The quantitative estimate of drug-likeness (QED) is 0.177. The van der Waals surface area contributed by atoms with Crippen LogP contribution in [0, 0.1) is 35.5 Å². The predicted octanol–water partition coefficient (Wildman–Crippen LogP) is 7.06. The molecule has 3 heteroatoms. The summed E-state index contributed by atoms with van der Waals surface area (Å²) >= 11 is 0. The molecular formula is C30H42O3. The van der Waals surface area contributed by atoms with Gasteiger partial charge in [-0.25, -0.2) is 0 Å². The van der Waals surface area contributed by atoms with Gasteiger partial charge in [0, 0.05) is 25.9 Å². The Kier molecular flexibility index (Phi) is 11.6. The van der Waals surface area contributed by atoms with E-state index in [2.05, 4.69) is 54.3 Å². The average Bonchev–Trinajstić information content (AvgIpc) is 3.42. The SMILES string of the molecule is O=C(O)CCCC=CC[C@H]1[C@H]2CC[C@H](C2)[C@H]1CCCCOCCC#CCCc1ccccc1. The van der Waals surface area contributed by atoms with Crippen LogP contribution in [0.5, 0.6) is 0 Å². The van der Waals surface area contributed by atoms with Crippen molar-refractivity contribution >= 4 is 5.97 Å². The van der Waals surface area contributed by atoms with Gasteiger partial charge in [0.15, 0.2) is 0 Å². The lowest BCUT2D eigenvalue weighted by molar-refractivity contribution is -0.137. The van der Waals surface area contributed by atoms with Crippen molar-refractivity contribution in [2.45, 2.75) is 83.5 Å². The lowest BCUT2D eigenvalue weighted by atomic mass is 9.75. The van der Waals surface area contributed by atoms with Crippen molar-refractivity contribution in [1.29, 1.82) is 0 Å². The first-order valence-corrected chi connectivity index (χ1v) is 13.2. The van der Waals surface area contributed by atoms with E-state index in [1.165, 1.54) is 44.1 Å². The number of aliphatic carboxylic acids is 1. The maximum Gasteiger partial charge on any atom is 0.303 e. The topological polar surface area (TPSA) is 46.5 Å². The van der Waals surface area contributed by atoms with Gasteiger partial charge in [-0.05, 0) is 87.0 Å². The van der Waals surface area contributed by atoms with Crippen LogP contribution in [0.2, 0.25) is 0 Å². The molecule has 0 heterocycles. The smallest absolute Gasteiger partial charge is 0.303 e. The number of allylic oxidation sites excluding steroid dienone is 2. The fraction of sp³-hybridized carbons (Fsp3) is 0.633. The van der Waals surface area contributed by atoms with E-state index in [0.717, 1.165) is 75.4 Å². The molecular weight excluding hydrogens is 408 g/mol. The summed E-state index contributed by atoms with van der Waals surface area (Å²) < 4.78 is 5.82. The van der Waals surface area contributed by atoms with Crippen LogP contribution in [0.15, 0.2) is 42.5 Å². The van der Waals surface area contributed by atoms with Crippen molar-refractivity contribution in [2.75, 3.05) is 13.2 Å². The molecule has 0 unspecified atom stereocenters. The number of rotatable bonds is 15. The van der Waals surface area contributed by atoms with Gasteiger partial charge in [0.05, 0.1) is 6.61 Å². The minimum Gasteiger partial charge on any atom is -0.481 e. The Labute approximate surface area is 201 Å². The Morgan fingerprint density at radius 1 is 0.970 bits per heavy atom. The molecule has 2 fully saturated rings. The van der Waals surface area contributed by atoms with Crippen LogP contribution in [0.3, 0.4) is 0 Å². The van der Waals surface area contributed by atoms with E-state index < -0.39 is 5.97 Å². The second-order valence-electron chi connectivity index (χ2n) is 9.85. The summed E-state index contributed by atoms with van der Waals surface area (Å²) in [6, 6.07) is 10.5. The van der Waals surface area contributed by atoms with Gasteiger partial charge in [-0.2, -0.15) is 0 Å². The normalized spacial score (nSPS) is 23.6. The molecule has 2 bridgehead atoms. The number of hydrogen-bond donors (Lipinski definition) is 1. The second-order valence-corrected chi connectivity index (χ2v) is 9.85. The summed E-state index contributed by atoms with van der Waals surface area (Å²) in [5.74, 6) is 9.45. The number of aryl methyl sites for hydroxylation is 1.